The van der Waals surface area contributed by atoms with E-state index >= 15 is 0 Å². The van der Waals surface area contributed by atoms with E-state index < -0.39 is 5.97 Å². The second-order valence-electron chi connectivity index (χ2n) is 3.77. The van der Waals surface area contributed by atoms with Crippen LogP contribution in [0.25, 0.3) is 0 Å². The van der Waals surface area contributed by atoms with Gasteiger partial charge in [0.1, 0.15) is 0 Å². The maximum Gasteiger partial charge on any atom is 0.338 e. The SMILES string of the molecule is C=C(C(=O)c1ccccc1)/C(=C\C=C/C)C(=O)OC. The van der Waals surface area contributed by atoms with Gasteiger partial charge >= 0.3 is 5.97 Å². The van der Waals surface area contributed by atoms with Gasteiger partial charge in [-0.3, -0.25) is 4.79 Å². The van der Waals surface area contributed by atoms with Gasteiger partial charge in [0.2, 0.25) is 0 Å². The fourth-order valence-corrected chi connectivity index (χ4v) is 1.48. The number of allylic oxidation sites excluding steroid dienone is 3. The molecule has 0 saturated carbocycles. The lowest BCUT2D eigenvalue weighted by Crippen LogP contribution is -2.13. The molecule has 1 aromatic rings. The zero-order chi connectivity index (χ0) is 14.3. The van der Waals surface area contributed by atoms with E-state index in [1.807, 2.05) is 13.0 Å². The molecule has 0 radical (unpaired) electrons. The zero-order valence-electron chi connectivity index (χ0n) is 11.1. The number of benzene rings is 1. The summed E-state index contributed by atoms with van der Waals surface area (Å²) in [6, 6.07) is 8.69. The molecule has 0 heterocycles. The van der Waals surface area contributed by atoms with Gasteiger partial charge in [0, 0.05) is 11.1 Å². The second-order valence-corrected chi connectivity index (χ2v) is 3.77. The third kappa shape index (κ3) is 3.78. The molecule has 19 heavy (non-hydrogen) atoms. The van der Waals surface area contributed by atoms with Crippen molar-refractivity contribution in [2.24, 2.45) is 0 Å². The summed E-state index contributed by atoms with van der Waals surface area (Å²) in [5.41, 5.74) is 0.772. The van der Waals surface area contributed by atoms with Gasteiger partial charge in [0.15, 0.2) is 5.78 Å². The highest BCUT2D eigenvalue weighted by atomic mass is 16.5. The number of methoxy groups -OCH3 is 1. The molecule has 0 fully saturated rings. The maximum absolute atomic E-state index is 12.2. The molecule has 0 spiro atoms. The van der Waals surface area contributed by atoms with E-state index in [9.17, 15) is 9.59 Å². The first-order chi connectivity index (χ1) is 9.11. The number of esters is 1. The fraction of sp³-hybridized carbons (Fsp3) is 0.125. The molecule has 0 aliphatic rings. The Labute approximate surface area is 112 Å². The number of ether oxygens (including phenoxy) is 1. The number of carbonyl (C=O) groups is 2. The van der Waals surface area contributed by atoms with Gasteiger partial charge in [0.25, 0.3) is 0 Å². The monoisotopic (exact) mass is 256 g/mol. The zero-order valence-corrected chi connectivity index (χ0v) is 11.1. The van der Waals surface area contributed by atoms with E-state index in [1.165, 1.54) is 13.2 Å². The van der Waals surface area contributed by atoms with E-state index in [0.29, 0.717) is 5.56 Å². The van der Waals surface area contributed by atoms with Crippen molar-refractivity contribution < 1.29 is 14.3 Å². The Morgan fingerprint density at radius 2 is 1.84 bits per heavy atom. The lowest BCUT2D eigenvalue weighted by Gasteiger charge is -2.07. The number of ketones is 1. The molecule has 1 rings (SSSR count). The molecule has 0 aromatic heterocycles. The van der Waals surface area contributed by atoms with Crippen molar-refractivity contribution >= 4 is 11.8 Å². The van der Waals surface area contributed by atoms with Gasteiger partial charge in [-0.15, -0.1) is 0 Å². The van der Waals surface area contributed by atoms with Crippen molar-refractivity contribution in [1.82, 2.24) is 0 Å². The molecule has 0 atom stereocenters. The minimum atomic E-state index is -0.576. The molecular weight excluding hydrogens is 240 g/mol. The first kappa shape index (κ1) is 14.6. The number of carbonyl (C=O) groups excluding carboxylic acids is 2. The summed E-state index contributed by atoms with van der Waals surface area (Å²) in [7, 11) is 1.27. The molecule has 3 heteroatoms. The number of hydrogen-bond acceptors (Lipinski definition) is 3. The van der Waals surface area contributed by atoms with Gasteiger partial charge in [-0.25, -0.2) is 4.79 Å². The largest absolute Gasteiger partial charge is 0.465 e. The normalized spacial score (nSPS) is 11.4. The van der Waals surface area contributed by atoms with Crippen molar-refractivity contribution in [3.05, 3.63) is 71.8 Å². The Bertz CT molecular complexity index is 536. The summed E-state index contributed by atoms with van der Waals surface area (Å²) in [6.45, 7) is 5.51. The Balaban J connectivity index is 3.08. The molecule has 0 aliphatic heterocycles. The average molecular weight is 256 g/mol. The predicted molar refractivity (Wildman–Crippen MR) is 74.8 cm³/mol. The minimum Gasteiger partial charge on any atom is -0.465 e. The van der Waals surface area contributed by atoms with Crippen LogP contribution in [0.2, 0.25) is 0 Å². The second kappa shape index (κ2) is 7.11. The van der Waals surface area contributed by atoms with Crippen LogP contribution < -0.4 is 0 Å². The highest BCUT2D eigenvalue weighted by molar-refractivity contribution is 6.17. The molecular formula is C16H16O3. The van der Waals surface area contributed by atoms with Crippen LogP contribution in [-0.4, -0.2) is 18.9 Å². The summed E-state index contributed by atoms with van der Waals surface area (Å²) < 4.78 is 4.66. The van der Waals surface area contributed by atoms with E-state index in [2.05, 4.69) is 11.3 Å². The third-order valence-corrected chi connectivity index (χ3v) is 2.50. The van der Waals surface area contributed by atoms with Gasteiger partial charge in [-0.2, -0.15) is 0 Å². The van der Waals surface area contributed by atoms with Gasteiger partial charge < -0.3 is 4.74 Å². The van der Waals surface area contributed by atoms with Crippen LogP contribution in [0.3, 0.4) is 0 Å². The molecule has 0 unspecified atom stereocenters. The Hall–Kier alpha value is -2.42. The standard InChI is InChI=1S/C16H16O3/c1-4-5-11-14(16(18)19-3)12(2)15(17)13-9-7-6-8-10-13/h4-11H,2H2,1,3H3/b5-4-,14-11+. The van der Waals surface area contributed by atoms with E-state index in [-0.39, 0.29) is 16.9 Å². The average Bonchev–Trinajstić information content (AvgIpc) is 2.47. The van der Waals surface area contributed by atoms with Crippen LogP contribution in [0.15, 0.2) is 66.3 Å². The highest BCUT2D eigenvalue weighted by Crippen LogP contribution is 2.16. The van der Waals surface area contributed by atoms with Crippen LogP contribution in [0, 0.1) is 0 Å². The molecule has 0 N–H and O–H groups in total. The molecule has 3 nitrogen and oxygen atoms in total. The molecule has 0 saturated heterocycles. The first-order valence-electron chi connectivity index (χ1n) is 5.82. The van der Waals surface area contributed by atoms with Crippen LogP contribution in [0.1, 0.15) is 17.3 Å². The van der Waals surface area contributed by atoms with Gasteiger partial charge in [0.05, 0.1) is 12.7 Å². The Morgan fingerprint density at radius 1 is 1.21 bits per heavy atom. The summed E-state index contributed by atoms with van der Waals surface area (Å²) in [5.74, 6) is -0.867. The highest BCUT2D eigenvalue weighted by Gasteiger charge is 2.19. The lowest BCUT2D eigenvalue weighted by atomic mass is 9.98. The molecule has 0 aliphatic carbocycles. The van der Waals surface area contributed by atoms with Crippen molar-refractivity contribution in [1.29, 1.82) is 0 Å². The van der Waals surface area contributed by atoms with Crippen LogP contribution in [0.5, 0.6) is 0 Å². The van der Waals surface area contributed by atoms with Gasteiger partial charge in [-0.05, 0) is 13.0 Å². The molecule has 1 aromatic carbocycles. The first-order valence-corrected chi connectivity index (χ1v) is 5.82. The van der Waals surface area contributed by atoms with Crippen molar-refractivity contribution in [2.45, 2.75) is 6.92 Å². The lowest BCUT2D eigenvalue weighted by molar-refractivity contribution is -0.135. The van der Waals surface area contributed by atoms with E-state index in [4.69, 9.17) is 0 Å². The quantitative estimate of drug-likeness (QED) is 0.352. The molecule has 0 bridgehead atoms. The number of Topliss-reactive ketones (excluding diaryl/α,β-unsaturated/α-hetero) is 1. The van der Waals surface area contributed by atoms with Crippen LogP contribution in [-0.2, 0) is 9.53 Å². The third-order valence-electron chi connectivity index (χ3n) is 2.50. The topological polar surface area (TPSA) is 43.4 Å². The summed E-state index contributed by atoms with van der Waals surface area (Å²) in [4.78, 5) is 23.9. The molecule has 98 valence electrons. The summed E-state index contributed by atoms with van der Waals surface area (Å²) >= 11 is 0. The number of hydrogen-bond donors (Lipinski definition) is 0. The Morgan fingerprint density at radius 3 is 2.37 bits per heavy atom. The summed E-state index contributed by atoms with van der Waals surface area (Å²) in [5, 5.41) is 0. The van der Waals surface area contributed by atoms with E-state index in [1.54, 1.807) is 36.4 Å². The van der Waals surface area contributed by atoms with E-state index in [0.717, 1.165) is 0 Å². The van der Waals surface area contributed by atoms with Crippen molar-refractivity contribution in [3.63, 3.8) is 0 Å². The smallest absolute Gasteiger partial charge is 0.338 e. The predicted octanol–water partition coefficient (Wildman–Crippen LogP) is 3.10. The van der Waals surface area contributed by atoms with Crippen molar-refractivity contribution in [2.75, 3.05) is 7.11 Å². The minimum absolute atomic E-state index is 0.121. The van der Waals surface area contributed by atoms with Crippen molar-refractivity contribution in [3.8, 4) is 0 Å². The fourth-order valence-electron chi connectivity index (χ4n) is 1.48. The number of rotatable bonds is 5. The molecule has 0 amide bonds. The van der Waals surface area contributed by atoms with Gasteiger partial charge in [-0.1, -0.05) is 49.1 Å². The van der Waals surface area contributed by atoms with Crippen LogP contribution >= 0.6 is 0 Å². The maximum atomic E-state index is 12.2. The summed E-state index contributed by atoms with van der Waals surface area (Å²) in [6.07, 6.45) is 4.94. The van der Waals surface area contributed by atoms with Crippen LogP contribution in [0.4, 0.5) is 0 Å². The Kier molecular flexibility index (Phi) is 5.48.